The van der Waals surface area contributed by atoms with Crippen LogP contribution in [0.2, 0.25) is 0 Å². The van der Waals surface area contributed by atoms with Crippen molar-refractivity contribution in [2.75, 3.05) is 17.3 Å². The van der Waals surface area contributed by atoms with Crippen LogP contribution in [0.1, 0.15) is 29.6 Å². The molecule has 0 bridgehead atoms. The highest BCUT2D eigenvalue weighted by atomic mass is 32.2. The number of hydrogen-bond donors (Lipinski definition) is 2. The number of amides is 3. The molecule has 0 aromatic heterocycles. The van der Waals surface area contributed by atoms with Crippen molar-refractivity contribution in [3.05, 3.63) is 72.1 Å². The molecule has 4 rings (SSSR count). The molecule has 8 heteroatoms. The quantitative estimate of drug-likeness (QED) is 0.381. The highest BCUT2D eigenvalue weighted by Crippen LogP contribution is 2.32. The summed E-state index contributed by atoms with van der Waals surface area (Å²) in [6, 6.07) is 13.0. The first-order valence-corrected chi connectivity index (χ1v) is 11.6. The maximum atomic E-state index is 12.9. The highest BCUT2D eigenvalue weighted by Gasteiger charge is 2.42. The summed E-state index contributed by atoms with van der Waals surface area (Å²) in [7, 11) is 0. The van der Waals surface area contributed by atoms with E-state index < -0.39 is 0 Å². The molecule has 1 saturated heterocycles. The molecule has 0 radical (unpaired) electrons. The smallest absolute Gasteiger partial charge is 0.251 e. The average molecular weight is 454 g/mol. The number of anilines is 1. The number of nitrogens with one attached hydrogen (secondary N) is 2. The predicted octanol–water partition coefficient (Wildman–Crippen LogP) is 3.70. The van der Waals surface area contributed by atoms with Gasteiger partial charge in [-0.05, 0) is 67.5 Å². The van der Waals surface area contributed by atoms with Gasteiger partial charge < -0.3 is 5.32 Å². The third-order valence-corrected chi connectivity index (χ3v) is 6.68. The predicted molar refractivity (Wildman–Crippen MR) is 121 cm³/mol. The molecule has 2 aliphatic rings. The number of rotatable bonds is 7. The summed E-state index contributed by atoms with van der Waals surface area (Å²) in [5.41, 5.74) is 3.57. The summed E-state index contributed by atoms with van der Waals surface area (Å²) in [6.07, 6.45) is 5.74. The lowest BCUT2D eigenvalue weighted by Gasteiger charge is -2.38. The first-order valence-electron chi connectivity index (χ1n) is 10.6. The summed E-state index contributed by atoms with van der Waals surface area (Å²) in [5, 5.41) is 4.14. The van der Waals surface area contributed by atoms with Crippen LogP contribution in [0.25, 0.3) is 0 Å². The lowest BCUT2D eigenvalue weighted by Crippen LogP contribution is -2.59. The van der Waals surface area contributed by atoms with Gasteiger partial charge in [-0.1, -0.05) is 18.2 Å². The van der Waals surface area contributed by atoms with Crippen molar-refractivity contribution in [3.8, 4) is 0 Å². The largest absolute Gasteiger partial charge is 0.352 e. The van der Waals surface area contributed by atoms with Gasteiger partial charge in [-0.2, -0.15) is 0 Å². The molecule has 1 heterocycles. The van der Waals surface area contributed by atoms with E-state index in [2.05, 4.69) is 10.7 Å². The summed E-state index contributed by atoms with van der Waals surface area (Å²) in [4.78, 5) is 38.9. The number of fused-ring (bicyclic) bond motifs is 1. The maximum Gasteiger partial charge on any atom is 0.251 e. The number of hydrazine groups is 1. The molecule has 32 heavy (non-hydrogen) atoms. The Morgan fingerprint density at radius 3 is 2.62 bits per heavy atom. The van der Waals surface area contributed by atoms with Crippen molar-refractivity contribution >= 4 is 35.2 Å². The molecular weight excluding hydrogens is 429 g/mol. The van der Waals surface area contributed by atoms with E-state index in [-0.39, 0.29) is 35.4 Å². The molecule has 0 spiro atoms. The molecule has 2 aromatic rings. The van der Waals surface area contributed by atoms with E-state index >= 15 is 0 Å². The number of nitrogens with zero attached hydrogens (tertiary/aromatic N) is 1. The van der Waals surface area contributed by atoms with Crippen LogP contribution < -0.4 is 15.8 Å². The summed E-state index contributed by atoms with van der Waals surface area (Å²) < 4.78 is 12.9. The van der Waals surface area contributed by atoms with E-state index in [1.807, 2.05) is 12.2 Å². The number of carbonyl (C=O) groups excluding carboxylic acids is 3. The van der Waals surface area contributed by atoms with Crippen LogP contribution >= 0.6 is 11.8 Å². The van der Waals surface area contributed by atoms with Gasteiger partial charge >= 0.3 is 0 Å². The van der Waals surface area contributed by atoms with E-state index in [9.17, 15) is 18.8 Å². The second kappa shape index (κ2) is 9.99. The molecule has 2 unspecified atom stereocenters. The number of carbonyl (C=O) groups is 3. The van der Waals surface area contributed by atoms with Gasteiger partial charge in [0, 0.05) is 17.0 Å². The number of hydrogen-bond acceptors (Lipinski definition) is 4. The third kappa shape index (κ3) is 5.02. The Balaban J connectivity index is 1.31. The molecule has 6 nitrogen and oxygen atoms in total. The number of halogens is 1. The lowest BCUT2D eigenvalue weighted by atomic mass is 9.80. The maximum absolute atomic E-state index is 12.9. The standard InChI is InChI=1S/C24H24FN3O3S/c25-17-9-11-19(12-10-17)32-14-4-13-26-22(29)16-5-3-6-18(15-16)28-24(31)21-8-2-1-7-20(21)23(30)27-28/h1-3,5-6,9-12,15,20-21H,4,7-8,13-14H2,(H,26,29)(H,27,30). The minimum Gasteiger partial charge on any atom is -0.352 e. The van der Waals surface area contributed by atoms with Gasteiger partial charge in [-0.15, -0.1) is 11.8 Å². The molecule has 2 aromatic carbocycles. The molecule has 166 valence electrons. The molecule has 1 aliphatic carbocycles. The molecule has 1 fully saturated rings. The Labute approximate surface area is 190 Å². The van der Waals surface area contributed by atoms with Crippen molar-refractivity contribution in [1.29, 1.82) is 0 Å². The Bertz CT molecular complexity index is 1040. The highest BCUT2D eigenvalue weighted by molar-refractivity contribution is 7.99. The number of benzene rings is 2. The van der Waals surface area contributed by atoms with Crippen LogP contribution in [-0.4, -0.2) is 30.0 Å². The lowest BCUT2D eigenvalue weighted by molar-refractivity contribution is -0.139. The molecule has 3 amide bonds. The van der Waals surface area contributed by atoms with Crippen molar-refractivity contribution in [2.45, 2.75) is 24.2 Å². The van der Waals surface area contributed by atoms with E-state index in [4.69, 9.17) is 0 Å². The van der Waals surface area contributed by atoms with Crippen LogP contribution in [0.3, 0.4) is 0 Å². The number of allylic oxidation sites excluding steroid dienone is 2. The fourth-order valence-corrected chi connectivity index (χ4v) is 4.72. The van der Waals surface area contributed by atoms with Crippen LogP contribution in [0.4, 0.5) is 10.1 Å². The average Bonchev–Trinajstić information content (AvgIpc) is 2.82. The van der Waals surface area contributed by atoms with Gasteiger partial charge in [0.2, 0.25) is 11.8 Å². The molecular formula is C24H24FN3O3S. The fraction of sp³-hybridized carbons (Fsp3) is 0.292. The Morgan fingerprint density at radius 1 is 1.09 bits per heavy atom. The van der Waals surface area contributed by atoms with Gasteiger partial charge in [-0.3, -0.25) is 19.8 Å². The SMILES string of the molecule is O=C(NCCCSc1ccc(F)cc1)c1cccc(N2NC(=O)C3CC=CCC3C2=O)c1. The van der Waals surface area contributed by atoms with Gasteiger partial charge in [0.15, 0.2) is 0 Å². The van der Waals surface area contributed by atoms with Crippen molar-refractivity contribution < 1.29 is 18.8 Å². The molecule has 1 aliphatic heterocycles. The Morgan fingerprint density at radius 2 is 1.84 bits per heavy atom. The van der Waals surface area contributed by atoms with E-state index in [0.29, 0.717) is 30.6 Å². The Hall–Kier alpha value is -3.13. The Kier molecular flexibility index (Phi) is 6.90. The zero-order valence-corrected chi connectivity index (χ0v) is 18.2. The fourth-order valence-electron chi connectivity index (χ4n) is 3.87. The van der Waals surface area contributed by atoms with Crippen molar-refractivity contribution in [2.24, 2.45) is 11.8 Å². The minimum absolute atomic E-state index is 0.158. The van der Waals surface area contributed by atoms with Crippen LogP contribution in [0.5, 0.6) is 0 Å². The van der Waals surface area contributed by atoms with E-state index in [1.165, 1.54) is 17.1 Å². The second-order valence-corrected chi connectivity index (χ2v) is 8.94. The normalized spacial score (nSPS) is 20.0. The molecule has 2 atom stereocenters. The summed E-state index contributed by atoms with van der Waals surface area (Å²) >= 11 is 1.60. The van der Waals surface area contributed by atoms with Gasteiger partial charge in [-0.25, -0.2) is 9.40 Å². The van der Waals surface area contributed by atoms with Crippen LogP contribution in [-0.2, 0) is 9.59 Å². The van der Waals surface area contributed by atoms with Crippen LogP contribution in [0, 0.1) is 17.7 Å². The zero-order chi connectivity index (χ0) is 22.5. The zero-order valence-electron chi connectivity index (χ0n) is 17.4. The first-order chi connectivity index (χ1) is 15.5. The van der Waals surface area contributed by atoms with Crippen molar-refractivity contribution in [3.63, 3.8) is 0 Å². The number of thioether (sulfide) groups is 1. The first kappa shape index (κ1) is 22.1. The third-order valence-electron chi connectivity index (χ3n) is 5.58. The molecule has 0 saturated carbocycles. The summed E-state index contributed by atoms with van der Waals surface area (Å²) in [6.45, 7) is 0.493. The van der Waals surface area contributed by atoms with Crippen molar-refractivity contribution in [1.82, 2.24) is 10.7 Å². The van der Waals surface area contributed by atoms with E-state index in [1.54, 1.807) is 48.2 Å². The van der Waals surface area contributed by atoms with Gasteiger partial charge in [0.1, 0.15) is 5.82 Å². The second-order valence-electron chi connectivity index (χ2n) is 7.77. The van der Waals surface area contributed by atoms with Gasteiger partial charge in [0.05, 0.1) is 17.5 Å². The monoisotopic (exact) mass is 453 g/mol. The minimum atomic E-state index is -0.371. The van der Waals surface area contributed by atoms with E-state index in [0.717, 1.165) is 17.1 Å². The van der Waals surface area contributed by atoms with Crippen LogP contribution in [0.15, 0.2) is 65.6 Å². The topological polar surface area (TPSA) is 78.5 Å². The van der Waals surface area contributed by atoms with Gasteiger partial charge in [0.25, 0.3) is 5.91 Å². The summed E-state index contributed by atoms with van der Waals surface area (Å²) in [5.74, 6) is -0.746. The molecule has 2 N–H and O–H groups in total.